The average Bonchev–Trinajstić information content (AvgIpc) is 2.81. The van der Waals surface area contributed by atoms with E-state index < -0.39 is 0 Å². The van der Waals surface area contributed by atoms with E-state index in [1.165, 1.54) is 5.56 Å². The van der Waals surface area contributed by atoms with Crippen LogP contribution in [0.4, 0.5) is 0 Å². The van der Waals surface area contributed by atoms with Crippen molar-refractivity contribution in [3.8, 4) is 0 Å². The lowest BCUT2D eigenvalue weighted by Gasteiger charge is -2.20. The first-order valence-corrected chi connectivity index (χ1v) is 7.69. The van der Waals surface area contributed by atoms with E-state index in [1.807, 2.05) is 11.6 Å². The van der Waals surface area contributed by atoms with E-state index in [1.54, 1.807) is 18.1 Å². The number of nitrogens with two attached hydrogens (primary N) is 1. The van der Waals surface area contributed by atoms with Crippen molar-refractivity contribution in [2.45, 2.75) is 37.4 Å². The molecule has 108 valence electrons. The van der Waals surface area contributed by atoms with Gasteiger partial charge in [-0.05, 0) is 16.5 Å². The maximum Gasteiger partial charge on any atom is 0.190 e. The van der Waals surface area contributed by atoms with Gasteiger partial charge >= 0.3 is 0 Å². The second-order valence-electron chi connectivity index (χ2n) is 6.01. The number of nitrogens with zero attached hydrogens (tertiary/aromatic N) is 3. The molecular formula is C15H22N4S. The van der Waals surface area contributed by atoms with Gasteiger partial charge in [-0.15, -0.1) is 10.2 Å². The first-order valence-electron chi connectivity index (χ1n) is 6.71. The van der Waals surface area contributed by atoms with Crippen LogP contribution in [0, 0.1) is 0 Å². The van der Waals surface area contributed by atoms with Gasteiger partial charge in [-0.1, -0.05) is 56.8 Å². The van der Waals surface area contributed by atoms with Crippen LogP contribution >= 0.6 is 11.8 Å². The van der Waals surface area contributed by atoms with Crippen LogP contribution in [0.1, 0.15) is 37.9 Å². The number of aromatic nitrogens is 3. The predicted octanol–water partition coefficient (Wildman–Crippen LogP) is 2.90. The molecule has 0 fully saturated rings. The second kappa shape index (κ2) is 5.97. The van der Waals surface area contributed by atoms with E-state index in [-0.39, 0.29) is 11.5 Å². The van der Waals surface area contributed by atoms with Crippen molar-refractivity contribution in [2.24, 2.45) is 12.8 Å². The van der Waals surface area contributed by atoms with Gasteiger partial charge < -0.3 is 10.3 Å². The van der Waals surface area contributed by atoms with Gasteiger partial charge in [-0.3, -0.25) is 0 Å². The second-order valence-corrected chi connectivity index (χ2v) is 7.00. The fourth-order valence-corrected chi connectivity index (χ4v) is 2.77. The Kier molecular flexibility index (Phi) is 4.50. The average molecular weight is 290 g/mol. The summed E-state index contributed by atoms with van der Waals surface area (Å²) in [6.45, 7) is 6.64. The van der Waals surface area contributed by atoms with Crippen LogP contribution in [0.25, 0.3) is 0 Å². The SMILES string of the molecule is Cn1cnnc1SCC(N)c1ccc(C(C)(C)C)cc1. The van der Waals surface area contributed by atoms with E-state index in [2.05, 4.69) is 55.2 Å². The number of thioether (sulfide) groups is 1. The third-order valence-electron chi connectivity index (χ3n) is 3.27. The van der Waals surface area contributed by atoms with Crippen LogP contribution in [-0.2, 0) is 12.5 Å². The van der Waals surface area contributed by atoms with Crippen LogP contribution in [0.5, 0.6) is 0 Å². The van der Waals surface area contributed by atoms with Crippen molar-refractivity contribution in [2.75, 3.05) is 5.75 Å². The van der Waals surface area contributed by atoms with Crippen molar-refractivity contribution < 1.29 is 0 Å². The Morgan fingerprint density at radius 1 is 1.25 bits per heavy atom. The number of hydrogen-bond acceptors (Lipinski definition) is 4. The largest absolute Gasteiger partial charge is 0.323 e. The first-order chi connectivity index (χ1) is 9.38. The maximum absolute atomic E-state index is 6.24. The molecule has 0 radical (unpaired) electrons. The lowest BCUT2D eigenvalue weighted by atomic mass is 9.86. The summed E-state index contributed by atoms with van der Waals surface area (Å²) in [5, 5.41) is 8.81. The topological polar surface area (TPSA) is 56.7 Å². The summed E-state index contributed by atoms with van der Waals surface area (Å²) in [5.41, 5.74) is 8.91. The molecule has 1 aromatic heterocycles. The van der Waals surface area contributed by atoms with Gasteiger partial charge in [0.15, 0.2) is 5.16 Å². The van der Waals surface area contributed by atoms with Crippen LogP contribution in [0.2, 0.25) is 0 Å². The van der Waals surface area contributed by atoms with Gasteiger partial charge in [0.25, 0.3) is 0 Å². The zero-order valence-electron chi connectivity index (χ0n) is 12.5. The van der Waals surface area contributed by atoms with E-state index in [0.717, 1.165) is 16.5 Å². The minimum absolute atomic E-state index is 0.00529. The molecule has 0 aliphatic heterocycles. The summed E-state index contributed by atoms with van der Waals surface area (Å²) >= 11 is 1.63. The lowest BCUT2D eigenvalue weighted by molar-refractivity contribution is 0.589. The molecule has 1 heterocycles. The highest BCUT2D eigenvalue weighted by molar-refractivity contribution is 7.99. The molecule has 0 amide bonds. The molecule has 1 aromatic carbocycles. The highest BCUT2D eigenvalue weighted by atomic mass is 32.2. The minimum Gasteiger partial charge on any atom is -0.323 e. The summed E-state index contributed by atoms with van der Waals surface area (Å²) in [7, 11) is 1.94. The predicted molar refractivity (Wildman–Crippen MR) is 83.8 cm³/mol. The van der Waals surface area contributed by atoms with Crippen LogP contribution < -0.4 is 5.73 Å². The summed E-state index contributed by atoms with van der Waals surface area (Å²) in [6, 6.07) is 8.60. The first kappa shape index (κ1) is 15.1. The zero-order chi connectivity index (χ0) is 14.8. The quantitative estimate of drug-likeness (QED) is 0.880. The van der Waals surface area contributed by atoms with Gasteiger partial charge in [0.2, 0.25) is 0 Å². The molecule has 0 aliphatic rings. The highest BCUT2D eigenvalue weighted by Crippen LogP contribution is 2.25. The van der Waals surface area contributed by atoms with Crippen molar-refractivity contribution in [3.63, 3.8) is 0 Å². The zero-order valence-corrected chi connectivity index (χ0v) is 13.3. The molecule has 2 rings (SSSR count). The van der Waals surface area contributed by atoms with Gasteiger partial charge in [0.1, 0.15) is 6.33 Å². The van der Waals surface area contributed by atoms with E-state index in [9.17, 15) is 0 Å². The molecule has 1 atom stereocenters. The van der Waals surface area contributed by atoms with E-state index >= 15 is 0 Å². The van der Waals surface area contributed by atoms with Crippen molar-refractivity contribution in [1.82, 2.24) is 14.8 Å². The molecule has 0 saturated heterocycles. The molecule has 0 saturated carbocycles. The van der Waals surface area contributed by atoms with Crippen molar-refractivity contribution in [1.29, 1.82) is 0 Å². The minimum atomic E-state index is 0.00529. The Balaban J connectivity index is 1.99. The number of aryl methyl sites for hydroxylation is 1. The fourth-order valence-electron chi connectivity index (χ4n) is 1.89. The molecule has 4 nitrogen and oxygen atoms in total. The Hall–Kier alpha value is -1.33. The molecule has 2 aromatic rings. The smallest absolute Gasteiger partial charge is 0.190 e. The van der Waals surface area contributed by atoms with Gasteiger partial charge in [0, 0.05) is 18.8 Å². The van der Waals surface area contributed by atoms with Crippen LogP contribution in [0.15, 0.2) is 35.7 Å². The standard InChI is InChI=1S/C15H22N4S/c1-15(2,3)12-7-5-11(6-8-12)13(16)9-20-14-18-17-10-19(14)4/h5-8,10,13H,9,16H2,1-4H3. The van der Waals surface area contributed by atoms with Crippen molar-refractivity contribution in [3.05, 3.63) is 41.7 Å². The number of rotatable bonds is 4. The molecule has 2 N–H and O–H groups in total. The molecular weight excluding hydrogens is 268 g/mol. The molecule has 1 unspecified atom stereocenters. The monoisotopic (exact) mass is 290 g/mol. The Labute approximate surface area is 124 Å². The fraction of sp³-hybridized carbons (Fsp3) is 0.467. The maximum atomic E-state index is 6.24. The number of benzene rings is 1. The Morgan fingerprint density at radius 2 is 1.90 bits per heavy atom. The summed E-state index contributed by atoms with van der Waals surface area (Å²) in [6.07, 6.45) is 1.70. The number of hydrogen-bond donors (Lipinski definition) is 1. The van der Waals surface area contributed by atoms with E-state index in [0.29, 0.717) is 0 Å². The van der Waals surface area contributed by atoms with Crippen LogP contribution in [-0.4, -0.2) is 20.5 Å². The third-order valence-corrected chi connectivity index (χ3v) is 4.42. The Morgan fingerprint density at radius 3 is 2.40 bits per heavy atom. The van der Waals surface area contributed by atoms with Crippen molar-refractivity contribution >= 4 is 11.8 Å². The summed E-state index contributed by atoms with van der Waals surface area (Å²) in [4.78, 5) is 0. The third kappa shape index (κ3) is 3.61. The molecule has 5 heteroatoms. The van der Waals surface area contributed by atoms with Gasteiger partial charge in [0.05, 0.1) is 0 Å². The summed E-state index contributed by atoms with van der Waals surface area (Å²) in [5.74, 6) is 0.793. The van der Waals surface area contributed by atoms with Gasteiger partial charge in [-0.25, -0.2) is 0 Å². The molecule has 0 aliphatic carbocycles. The normalized spacial score (nSPS) is 13.4. The molecule has 0 spiro atoms. The molecule has 0 bridgehead atoms. The van der Waals surface area contributed by atoms with Crippen LogP contribution in [0.3, 0.4) is 0 Å². The highest BCUT2D eigenvalue weighted by Gasteiger charge is 2.14. The Bertz CT molecular complexity index is 554. The molecule has 20 heavy (non-hydrogen) atoms. The summed E-state index contributed by atoms with van der Waals surface area (Å²) < 4.78 is 1.90. The van der Waals surface area contributed by atoms with E-state index in [4.69, 9.17) is 5.73 Å². The lowest BCUT2D eigenvalue weighted by Crippen LogP contribution is -2.15. The van der Waals surface area contributed by atoms with Gasteiger partial charge in [-0.2, -0.15) is 0 Å².